The fourth-order valence-corrected chi connectivity index (χ4v) is 2.77. The van der Waals surface area contributed by atoms with E-state index in [1.165, 1.54) is 0 Å². The summed E-state index contributed by atoms with van der Waals surface area (Å²) in [4.78, 5) is 4.19. The minimum absolute atomic E-state index is 0.00358. The average Bonchev–Trinajstić information content (AvgIpc) is 2.60. The first-order chi connectivity index (χ1) is 11.6. The number of hydrogen-bond donors (Lipinski definition) is 3. The Bertz CT molecular complexity index is 677. The van der Waals surface area contributed by atoms with Crippen molar-refractivity contribution in [1.82, 2.24) is 10.6 Å². The molecule has 0 aliphatic carbocycles. The Morgan fingerprint density at radius 2 is 1.88 bits per heavy atom. The molecule has 0 heterocycles. The zero-order valence-electron chi connectivity index (χ0n) is 13.5. The quantitative estimate of drug-likeness (QED) is 0.542. The molecule has 0 radical (unpaired) electrons. The summed E-state index contributed by atoms with van der Waals surface area (Å²) in [5.41, 5.74) is 2.02. The monoisotopic (exact) mass is 365 g/mol. The van der Waals surface area contributed by atoms with Crippen molar-refractivity contribution in [3.05, 3.63) is 69.7 Å². The van der Waals surface area contributed by atoms with Crippen molar-refractivity contribution in [2.45, 2.75) is 12.5 Å². The van der Waals surface area contributed by atoms with Crippen molar-refractivity contribution < 1.29 is 5.11 Å². The van der Waals surface area contributed by atoms with E-state index in [4.69, 9.17) is 23.2 Å². The fraction of sp³-hybridized carbons (Fsp3) is 0.278. The fourth-order valence-electron chi connectivity index (χ4n) is 2.30. The molecular weight excluding hydrogens is 345 g/mol. The van der Waals surface area contributed by atoms with Gasteiger partial charge >= 0.3 is 0 Å². The molecule has 128 valence electrons. The Labute approximate surface area is 152 Å². The van der Waals surface area contributed by atoms with Gasteiger partial charge in [-0.1, -0.05) is 59.6 Å². The highest BCUT2D eigenvalue weighted by molar-refractivity contribution is 6.35. The van der Waals surface area contributed by atoms with Crippen LogP contribution in [0.4, 0.5) is 0 Å². The van der Waals surface area contributed by atoms with E-state index in [1.54, 1.807) is 19.2 Å². The summed E-state index contributed by atoms with van der Waals surface area (Å²) >= 11 is 12.1. The van der Waals surface area contributed by atoms with Gasteiger partial charge in [0.05, 0.1) is 6.61 Å². The largest absolute Gasteiger partial charge is 0.396 e. The number of nitrogens with one attached hydrogen (secondary N) is 2. The van der Waals surface area contributed by atoms with Gasteiger partial charge in [-0.25, -0.2) is 0 Å². The summed E-state index contributed by atoms with van der Waals surface area (Å²) in [6.07, 6.45) is 0. The number of aliphatic hydroxyl groups excluding tert-OH is 1. The summed E-state index contributed by atoms with van der Waals surface area (Å²) < 4.78 is 0. The summed E-state index contributed by atoms with van der Waals surface area (Å²) in [6, 6.07) is 15.3. The zero-order valence-corrected chi connectivity index (χ0v) is 15.0. The molecule has 1 atom stereocenters. The Hall–Kier alpha value is -1.75. The first kappa shape index (κ1) is 18.6. The lowest BCUT2D eigenvalue weighted by Crippen LogP contribution is -2.39. The third kappa shape index (κ3) is 5.41. The van der Waals surface area contributed by atoms with Crippen LogP contribution in [0.15, 0.2) is 53.5 Å². The lowest BCUT2D eigenvalue weighted by Gasteiger charge is -2.18. The van der Waals surface area contributed by atoms with Gasteiger partial charge in [0.2, 0.25) is 0 Å². The van der Waals surface area contributed by atoms with Crippen LogP contribution in [0.2, 0.25) is 10.0 Å². The molecule has 0 aliphatic rings. The summed E-state index contributed by atoms with van der Waals surface area (Å²) in [7, 11) is 1.70. The van der Waals surface area contributed by atoms with Gasteiger partial charge in [-0.2, -0.15) is 0 Å². The van der Waals surface area contributed by atoms with Crippen molar-refractivity contribution >= 4 is 29.2 Å². The molecule has 2 rings (SSSR count). The standard InChI is InChI=1S/C18H21Cl2N3O/c1-21-18(22-10-14-7-8-16(19)9-17(14)20)23-11-15(12-24)13-5-3-2-4-6-13/h2-9,15,24H,10-12H2,1H3,(H2,21,22,23). The highest BCUT2D eigenvalue weighted by Gasteiger charge is 2.11. The third-order valence-electron chi connectivity index (χ3n) is 3.69. The lowest BCUT2D eigenvalue weighted by atomic mass is 10.0. The van der Waals surface area contributed by atoms with Crippen LogP contribution < -0.4 is 10.6 Å². The molecule has 0 amide bonds. The summed E-state index contributed by atoms with van der Waals surface area (Å²) in [5.74, 6) is 0.652. The molecule has 3 N–H and O–H groups in total. The minimum atomic E-state index is 0.00358. The van der Waals surface area contributed by atoms with Gasteiger partial charge in [0.1, 0.15) is 0 Å². The lowest BCUT2D eigenvalue weighted by molar-refractivity contribution is 0.265. The highest BCUT2D eigenvalue weighted by Crippen LogP contribution is 2.20. The van der Waals surface area contributed by atoms with Crippen molar-refractivity contribution in [3.63, 3.8) is 0 Å². The number of aliphatic hydroxyl groups is 1. The maximum Gasteiger partial charge on any atom is 0.191 e. The smallest absolute Gasteiger partial charge is 0.191 e. The van der Waals surface area contributed by atoms with E-state index in [2.05, 4.69) is 15.6 Å². The Kier molecular flexibility index (Phi) is 7.37. The van der Waals surface area contributed by atoms with E-state index < -0.39 is 0 Å². The summed E-state index contributed by atoms with van der Waals surface area (Å²) in [6.45, 7) is 1.18. The van der Waals surface area contributed by atoms with E-state index in [0.29, 0.717) is 29.1 Å². The SMILES string of the molecule is CN=C(NCc1ccc(Cl)cc1Cl)NCC(CO)c1ccccc1. The van der Waals surface area contributed by atoms with Crippen LogP contribution in [-0.4, -0.2) is 31.3 Å². The number of hydrogen-bond acceptors (Lipinski definition) is 2. The van der Waals surface area contributed by atoms with E-state index in [9.17, 15) is 5.11 Å². The van der Waals surface area contributed by atoms with Crippen LogP contribution in [0.5, 0.6) is 0 Å². The van der Waals surface area contributed by atoms with Gasteiger partial charge in [-0.3, -0.25) is 4.99 Å². The van der Waals surface area contributed by atoms with Gasteiger partial charge in [-0.05, 0) is 23.3 Å². The maximum absolute atomic E-state index is 9.61. The van der Waals surface area contributed by atoms with Gasteiger partial charge < -0.3 is 15.7 Å². The molecule has 2 aromatic rings. The molecule has 4 nitrogen and oxygen atoms in total. The zero-order chi connectivity index (χ0) is 17.4. The number of rotatable bonds is 6. The first-order valence-corrected chi connectivity index (χ1v) is 8.44. The molecule has 0 aromatic heterocycles. The molecule has 0 saturated carbocycles. The van der Waals surface area contributed by atoms with Crippen LogP contribution in [0.25, 0.3) is 0 Å². The molecule has 0 fully saturated rings. The van der Waals surface area contributed by atoms with E-state index in [0.717, 1.165) is 11.1 Å². The summed E-state index contributed by atoms with van der Waals surface area (Å²) in [5, 5.41) is 17.3. The Morgan fingerprint density at radius 1 is 1.12 bits per heavy atom. The van der Waals surface area contributed by atoms with Crippen molar-refractivity contribution in [2.75, 3.05) is 20.2 Å². The molecule has 2 aromatic carbocycles. The average molecular weight is 366 g/mol. The van der Waals surface area contributed by atoms with E-state index >= 15 is 0 Å². The van der Waals surface area contributed by atoms with Gasteiger partial charge in [0, 0.05) is 36.1 Å². The topological polar surface area (TPSA) is 56.7 Å². The number of guanidine groups is 1. The van der Waals surface area contributed by atoms with Gasteiger partial charge in [0.15, 0.2) is 5.96 Å². The van der Waals surface area contributed by atoms with E-state index in [-0.39, 0.29) is 12.5 Å². The molecule has 24 heavy (non-hydrogen) atoms. The molecular formula is C18H21Cl2N3O. The van der Waals surface area contributed by atoms with Crippen LogP contribution in [0, 0.1) is 0 Å². The van der Waals surface area contributed by atoms with Crippen molar-refractivity contribution in [1.29, 1.82) is 0 Å². The van der Waals surface area contributed by atoms with E-state index in [1.807, 2.05) is 36.4 Å². The van der Waals surface area contributed by atoms with Crippen molar-refractivity contribution in [3.8, 4) is 0 Å². The second-order valence-electron chi connectivity index (χ2n) is 5.33. The van der Waals surface area contributed by atoms with Crippen LogP contribution in [0.1, 0.15) is 17.0 Å². The Balaban J connectivity index is 1.90. The minimum Gasteiger partial charge on any atom is -0.396 e. The molecule has 1 unspecified atom stereocenters. The predicted molar refractivity (Wildman–Crippen MR) is 101 cm³/mol. The van der Waals surface area contributed by atoms with Crippen LogP contribution in [-0.2, 0) is 6.54 Å². The first-order valence-electron chi connectivity index (χ1n) is 7.68. The van der Waals surface area contributed by atoms with Gasteiger partial charge in [0.25, 0.3) is 0 Å². The molecule has 0 bridgehead atoms. The maximum atomic E-state index is 9.61. The second-order valence-corrected chi connectivity index (χ2v) is 6.18. The number of halogens is 2. The van der Waals surface area contributed by atoms with Crippen LogP contribution in [0.3, 0.4) is 0 Å². The number of benzene rings is 2. The predicted octanol–water partition coefficient (Wildman–Crippen LogP) is 3.43. The van der Waals surface area contributed by atoms with Crippen LogP contribution >= 0.6 is 23.2 Å². The second kappa shape index (κ2) is 9.52. The highest BCUT2D eigenvalue weighted by atomic mass is 35.5. The molecule has 0 spiro atoms. The van der Waals surface area contributed by atoms with Gasteiger partial charge in [-0.15, -0.1) is 0 Å². The molecule has 0 aliphatic heterocycles. The number of aliphatic imine (C=N–C) groups is 1. The molecule has 0 saturated heterocycles. The Morgan fingerprint density at radius 3 is 2.50 bits per heavy atom. The third-order valence-corrected chi connectivity index (χ3v) is 4.28. The normalized spacial score (nSPS) is 12.8. The molecule has 6 heteroatoms. The number of nitrogens with zero attached hydrogens (tertiary/aromatic N) is 1. The van der Waals surface area contributed by atoms with Crippen molar-refractivity contribution in [2.24, 2.45) is 4.99 Å².